The molecule has 5 rings (SSSR count). The molecule has 0 amide bonds. The molecule has 3 heterocycles. The number of hydrogen-bond acceptors (Lipinski definition) is 7. The van der Waals surface area contributed by atoms with Crippen molar-refractivity contribution in [2.75, 3.05) is 59.7 Å². The molecule has 10 heteroatoms. The van der Waals surface area contributed by atoms with Crippen LogP contribution in [0.15, 0.2) is 36.7 Å². The standard InChI is InChI=1S/C27H31F2N5O3.C2H6/c1-18-14-19-21(32-18)4-5-23(26(19)29)37-27-20-15-24(35-2)25(16-22(20)30-17-31-27)36-13-3-7-33-9-11-34(8-6-28)12-10-33;1-2/h4-5,14-17,32H,3,6-13H2,1-2H3;1-2H3. The van der Waals surface area contributed by atoms with Crippen LogP contribution in [-0.4, -0.2) is 84.4 Å². The Morgan fingerprint density at radius 1 is 0.923 bits per heavy atom. The topological polar surface area (TPSA) is 75.7 Å². The van der Waals surface area contributed by atoms with E-state index in [0.29, 0.717) is 46.5 Å². The third-order valence-corrected chi connectivity index (χ3v) is 6.67. The maximum Gasteiger partial charge on any atom is 0.230 e. The molecular weight excluding hydrogens is 504 g/mol. The van der Waals surface area contributed by atoms with E-state index in [1.54, 1.807) is 37.4 Å². The maximum absolute atomic E-state index is 15.1. The Kier molecular flexibility index (Phi) is 9.89. The predicted molar refractivity (Wildman–Crippen MR) is 149 cm³/mol. The Hall–Kier alpha value is -3.50. The van der Waals surface area contributed by atoms with Crippen molar-refractivity contribution in [1.82, 2.24) is 24.8 Å². The molecule has 39 heavy (non-hydrogen) atoms. The van der Waals surface area contributed by atoms with E-state index in [4.69, 9.17) is 14.2 Å². The fourth-order valence-electron chi connectivity index (χ4n) is 4.69. The number of rotatable bonds is 10. The number of nitrogens with zero attached hydrogens (tertiary/aromatic N) is 4. The summed E-state index contributed by atoms with van der Waals surface area (Å²) < 4.78 is 45.1. The summed E-state index contributed by atoms with van der Waals surface area (Å²) in [4.78, 5) is 16.2. The zero-order valence-corrected chi connectivity index (χ0v) is 23.1. The first-order chi connectivity index (χ1) is 19.1. The van der Waals surface area contributed by atoms with Gasteiger partial charge in [0.2, 0.25) is 5.88 Å². The van der Waals surface area contributed by atoms with Crippen molar-refractivity contribution < 1.29 is 23.0 Å². The lowest BCUT2D eigenvalue weighted by molar-refractivity contribution is 0.120. The zero-order chi connectivity index (χ0) is 27.8. The van der Waals surface area contributed by atoms with Crippen LogP contribution in [0, 0.1) is 12.7 Å². The van der Waals surface area contributed by atoms with Crippen molar-refractivity contribution in [2.45, 2.75) is 27.2 Å². The van der Waals surface area contributed by atoms with Crippen molar-refractivity contribution >= 4 is 21.8 Å². The minimum absolute atomic E-state index is 0.0799. The molecule has 1 fully saturated rings. The number of benzene rings is 2. The lowest BCUT2D eigenvalue weighted by atomic mass is 10.2. The van der Waals surface area contributed by atoms with Crippen LogP contribution in [0.4, 0.5) is 8.78 Å². The number of ether oxygens (including phenoxy) is 3. The van der Waals surface area contributed by atoms with E-state index >= 15 is 4.39 Å². The molecule has 0 spiro atoms. The lowest BCUT2D eigenvalue weighted by Crippen LogP contribution is -2.47. The van der Waals surface area contributed by atoms with Crippen LogP contribution in [0.2, 0.25) is 0 Å². The monoisotopic (exact) mass is 541 g/mol. The smallest absolute Gasteiger partial charge is 0.230 e. The average Bonchev–Trinajstić information content (AvgIpc) is 3.35. The first kappa shape index (κ1) is 28.5. The van der Waals surface area contributed by atoms with E-state index in [2.05, 4.69) is 24.8 Å². The molecule has 0 radical (unpaired) electrons. The molecular formula is C29H37F2N5O3. The Morgan fingerprint density at radius 2 is 1.67 bits per heavy atom. The first-order valence-corrected chi connectivity index (χ1v) is 13.5. The van der Waals surface area contributed by atoms with Crippen molar-refractivity contribution in [2.24, 2.45) is 0 Å². The molecule has 8 nitrogen and oxygen atoms in total. The summed E-state index contributed by atoms with van der Waals surface area (Å²) in [7, 11) is 1.57. The number of hydrogen-bond donors (Lipinski definition) is 1. The Morgan fingerprint density at radius 3 is 2.38 bits per heavy atom. The number of nitrogens with one attached hydrogen (secondary N) is 1. The van der Waals surface area contributed by atoms with Crippen LogP contribution in [0.1, 0.15) is 26.0 Å². The molecule has 0 saturated carbocycles. The molecule has 2 aromatic heterocycles. The van der Waals surface area contributed by atoms with Crippen LogP contribution in [0.5, 0.6) is 23.1 Å². The highest BCUT2D eigenvalue weighted by Gasteiger charge is 2.18. The second-order valence-corrected chi connectivity index (χ2v) is 9.17. The molecule has 1 aliphatic heterocycles. The van der Waals surface area contributed by atoms with E-state index in [1.165, 1.54) is 6.33 Å². The maximum atomic E-state index is 15.1. The molecule has 0 atom stereocenters. The van der Waals surface area contributed by atoms with Gasteiger partial charge < -0.3 is 24.1 Å². The van der Waals surface area contributed by atoms with E-state index < -0.39 is 5.82 Å². The van der Waals surface area contributed by atoms with Gasteiger partial charge in [0, 0.05) is 61.9 Å². The number of H-pyrrole nitrogens is 1. The molecule has 1 N–H and O–H groups in total. The fraction of sp³-hybridized carbons (Fsp3) is 0.448. The van der Waals surface area contributed by atoms with Crippen LogP contribution >= 0.6 is 0 Å². The number of piperazine rings is 1. The van der Waals surface area contributed by atoms with Gasteiger partial charge >= 0.3 is 0 Å². The third kappa shape index (κ3) is 6.75. The van der Waals surface area contributed by atoms with Gasteiger partial charge in [-0.1, -0.05) is 13.8 Å². The Balaban J connectivity index is 0.00000172. The molecule has 4 aromatic rings. The molecule has 2 aromatic carbocycles. The summed E-state index contributed by atoms with van der Waals surface area (Å²) in [5.41, 5.74) is 2.17. The van der Waals surface area contributed by atoms with E-state index in [0.717, 1.165) is 44.8 Å². The second kappa shape index (κ2) is 13.5. The summed E-state index contributed by atoms with van der Waals surface area (Å²) in [6.07, 6.45) is 2.23. The molecule has 210 valence electrons. The number of fused-ring (bicyclic) bond motifs is 2. The molecule has 0 aliphatic carbocycles. The first-order valence-electron chi connectivity index (χ1n) is 13.5. The van der Waals surface area contributed by atoms with Gasteiger partial charge in [0.15, 0.2) is 23.1 Å². The van der Waals surface area contributed by atoms with Gasteiger partial charge in [-0.15, -0.1) is 0 Å². The zero-order valence-electron chi connectivity index (χ0n) is 23.1. The van der Waals surface area contributed by atoms with Crippen molar-refractivity contribution in [1.29, 1.82) is 0 Å². The van der Waals surface area contributed by atoms with Gasteiger partial charge in [-0.2, -0.15) is 0 Å². The lowest BCUT2D eigenvalue weighted by Gasteiger charge is -2.34. The van der Waals surface area contributed by atoms with Gasteiger partial charge in [-0.05, 0) is 37.6 Å². The van der Waals surface area contributed by atoms with Gasteiger partial charge in [0.1, 0.15) is 13.0 Å². The van der Waals surface area contributed by atoms with Crippen molar-refractivity contribution in [3.8, 4) is 23.1 Å². The highest BCUT2D eigenvalue weighted by molar-refractivity contribution is 5.87. The highest BCUT2D eigenvalue weighted by Crippen LogP contribution is 2.37. The van der Waals surface area contributed by atoms with E-state index in [9.17, 15) is 4.39 Å². The number of aryl methyl sites for hydroxylation is 1. The molecule has 1 aliphatic rings. The van der Waals surface area contributed by atoms with Gasteiger partial charge in [-0.25, -0.2) is 18.7 Å². The summed E-state index contributed by atoms with van der Waals surface area (Å²) >= 11 is 0. The summed E-state index contributed by atoms with van der Waals surface area (Å²) in [6, 6.07) is 8.64. The van der Waals surface area contributed by atoms with Crippen LogP contribution in [0.25, 0.3) is 21.8 Å². The largest absolute Gasteiger partial charge is 0.493 e. The van der Waals surface area contributed by atoms with Crippen molar-refractivity contribution in [3.05, 3.63) is 48.2 Å². The van der Waals surface area contributed by atoms with Crippen molar-refractivity contribution in [3.63, 3.8) is 0 Å². The average molecular weight is 542 g/mol. The quantitative estimate of drug-likeness (QED) is 0.257. The number of halogens is 2. The number of methoxy groups -OCH3 is 1. The van der Waals surface area contributed by atoms with Gasteiger partial charge in [0.05, 0.1) is 24.6 Å². The summed E-state index contributed by atoms with van der Waals surface area (Å²) in [6.45, 7) is 11.2. The van der Waals surface area contributed by atoms with Crippen LogP contribution < -0.4 is 14.2 Å². The summed E-state index contributed by atoms with van der Waals surface area (Å²) in [5, 5.41) is 1.05. The minimum atomic E-state index is -0.454. The number of aromatic nitrogens is 3. The normalized spacial score (nSPS) is 14.3. The van der Waals surface area contributed by atoms with E-state index in [-0.39, 0.29) is 18.3 Å². The van der Waals surface area contributed by atoms with Crippen LogP contribution in [0.3, 0.4) is 0 Å². The van der Waals surface area contributed by atoms with Crippen LogP contribution in [-0.2, 0) is 0 Å². The Bertz CT molecular complexity index is 1370. The molecule has 0 bridgehead atoms. The third-order valence-electron chi connectivity index (χ3n) is 6.67. The summed E-state index contributed by atoms with van der Waals surface area (Å²) in [5.74, 6) is 0.944. The van der Waals surface area contributed by atoms with E-state index in [1.807, 2.05) is 20.8 Å². The molecule has 1 saturated heterocycles. The predicted octanol–water partition coefficient (Wildman–Crippen LogP) is 5.74. The number of alkyl halides is 1. The number of aromatic amines is 1. The second-order valence-electron chi connectivity index (χ2n) is 9.17. The fourth-order valence-corrected chi connectivity index (χ4v) is 4.69. The SMILES string of the molecule is CC.COc1cc2c(Oc3ccc4[nH]c(C)cc4c3F)ncnc2cc1OCCCN1CCN(CCF)CC1. The highest BCUT2D eigenvalue weighted by atomic mass is 19.1. The Labute approximate surface area is 227 Å². The van der Waals surface area contributed by atoms with Gasteiger partial charge in [-0.3, -0.25) is 4.90 Å². The minimum Gasteiger partial charge on any atom is -0.493 e. The molecule has 0 unspecified atom stereocenters. The van der Waals surface area contributed by atoms with Gasteiger partial charge in [0.25, 0.3) is 0 Å².